The van der Waals surface area contributed by atoms with E-state index in [4.69, 9.17) is 27.9 Å². The zero-order chi connectivity index (χ0) is 20.5. The van der Waals surface area contributed by atoms with E-state index in [-0.39, 0.29) is 17.6 Å². The van der Waals surface area contributed by atoms with Crippen LogP contribution in [0.1, 0.15) is 53.1 Å². The molecule has 1 unspecified atom stereocenters. The number of aromatic carboxylic acids is 1. The highest BCUT2D eigenvalue weighted by Gasteiger charge is 2.31. The van der Waals surface area contributed by atoms with Crippen molar-refractivity contribution in [3.8, 4) is 5.75 Å². The smallest absolute Gasteiger partial charge is 0.338 e. The van der Waals surface area contributed by atoms with Crippen LogP contribution in [0.15, 0.2) is 30.3 Å². The van der Waals surface area contributed by atoms with Gasteiger partial charge in [0.25, 0.3) is 0 Å². The molecule has 0 spiro atoms. The molecular formula is C22H22Cl2FNO3. The van der Waals surface area contributed by atoms with Gasteiger partial charge in [0.1, 0.15) is 17.7 Å². The second-order valence-electron chi connectivity index (χ2n) is 7.81. The molecule has 2 fully saturated rings. The van der Waals surface area contributed by atoms with Crippen LogP contribution in [0.5, 0.6) is 5.75 Å². The number of carbonyl (C=O) groups is 1. The first-order chi connectivity index (χ1) is 13.9. The highest BCUT2D eigenvalue weighted by Crippen LogP contribution is 2.45. The molecule has 1 aliphatic carbocycles. The number of carboxylic acids is 1. The molecule has 0 aromatic heterocycles. The summed E-state index contributed by atoms with van der Waals surface area (Å²) in [5, 5.41) is 10.3. The fourth-order valence-corrected chi connectivity index (χ4v) is 4.20. The molecule has 1 saturated carbocycles. The van der Waals surface area contributed by atoms with E-state index in [1.165, 1.54) is 12.1 Å². The first-order valence-corrected chi connectivity index (χ1v) is 10.6. The van der Waals surface area contributed by atoms with Gasteiger partial charge >= 0.3 is 5.97 Å². The molecule has 0 amide bonds. The maximum absolute atomic E-state index is 14.3. The van der Waals surface area contributed by atoms with Gasteiger partial charge in [-0.1, -0.05) is 29.3 Å². The van der Waals surface area contributed by atoms with Gasteiger partial charge in [-0.2, -0.15) is 0 Å². The molecule has 1 saturated heterocycles. The molecule has 1 aliphatic heterocycles. The van der Waals surface area contributed by atoms with E-state index >= 15 is 0 Å². The minimum Gasteiger partial charge on any atom is -0.489 e. The van der Waals surface area contributed by atoms with Gasteiger partial charge < -0.3 is 9.84 Å². The van der Waals surface area contributed by atoms with E-state index in [0.29, 0.717) is 22.3 Å². The van der Waals surface area contributed by atoms with Crippen LogP contribution in [0.3, 0.4) is 0 Å². The van der Waals surface area contributed by atoms with Crippen molar-refractivity contribution in [2.75, 3.05) is 13.1 Å². The Morgan fingerprint density at radius 2 is 1.97 bits per heavy atom. The van der Waals surface area contributed by atoms with Crippen LogP contribution in [-0.2, 0) is 6.54 Å². The molecule has 1 heterocycles. The van der Waals surface area contributed by atoms with Crippen molar-refractivity contribution >= 4 is 29.2 Å². The number of hydrogen-bond acceptors (Lipinski definition) is 3. The standard InChI is InChI=1S/C22H22Cl2FNO3/c23-18-6-3-13(8-19(18)24)11-26-7-1-2-15(12-26)29-21-10-20(25)17(22(27)28)9-16(21)14-4-5-14/h3,6,8-10,14-15H,1-2,4-5,7,11-12H2,(H,27,28). The fourth-order valence-electron chi connectivity index (χ4n) is 3.88. The lowest BCUT2D eigenvalue weighted by molar-refractivity contribution is 0.0690. The minimum atomic E-state index is -1.25. The van der Waals surface area contributed by atoms with Crippen LogP contribution in [0.4, 0.5) is 4.39 Å². The summed E-state index contributed by atoms with van der Waals surface area (Å²) < 4.78 is 20.5. The molecule has 29 heavy (non-hydrogen) atoms. The molecule has 2 aliphatic rings. The van der Waals surface area contributed by atoms with Crippen molar-refractivity contribution in [1.29, 1.82) is 0 Å². The number of piperidine rings is 1. The lowest BCUT2D eigenvalue weighted by atomic mass is 10.0. The predicted octanol–water partition coefficient (Wildman–Crippen LogP) is 5.75. The molecule has 1 N–H and O–H groups in total. The largest absolute Gasteiger partial charge is 0.489 e. The number of rotatable bonds is 6. The molecule has 154 valence electrons. The summed E-state index contributed by atoms with van der Waals surface area (Å²) in [5.74, 6) is -1.25. The van der Waals surface area contributed by atoms with Gasteiger partial charge in [0, 0.05) is 19.2 Å². The number of halogens is 3. The fraction of sp³-hybridized carbons (Fsp3) is 0.409. The zero-order valence-corrected chi connectivity index (χ0v) is 17.3. The van der Waals surface area contributed by atoms with Crippen LogP contribution in [0.2, 0.25) is 10.0 Å². The summed E-state index contributed by atoms with van der Waals surface area (Å²) in [6, 6.07) is 8.32. The molecular weight excluding hydrogens is 416 g/mol. The Bertz CT molecular complexity index is 933. The Morgan fingerprint density at radius 1 is 1.17 bits per heavy atom. The molecule has 2 aromatic rings. The van der Waals surface area contributed by atoms with Gasteiger partial charge in [-0.25, -0.2) is 9.18 Å². The number of benzene rings is 2. The van der Waals surface area contributed by atoms with Crippen molar-refractivity contribution in [2.45, 2.75) is 44.2 Å². The summed E-state index contributed by atoms with van der Waals surface area (Å²) in [6.45, 7) is 2.40. The highest BCUT2D eigenvalue weighted by atomic mass is 35.5. The van der Waals surface area contributed by atoms with Gasteiger partial charge in [-0.15, -0.1) is 0 Å². The van der Waals surface area contributed by atoms with Crippen molar-refractivity contribution < 1.29 is 19.0 Å². The molecule has 1 atom stereocenters. The van der Waals surface area contributed by atoms with Gasteiger partial charge in [0.15, 0.2) is 0 Å². The minimum absolute atomic E-state index is 0.0703. The quantitative estimate of drug-likeness (QED) is 0.624. The van der Waals surface area contributed by atoms with Crippen LogP contribution in [0, 0.1) is 5.82 Å². The van der Waals surface area contributed by atoms with Crippen molar-refractivity contribution in [3.05, 3.63) is 62.9 Å². The normalized spacial score (nSPS) is 19.9. The monoisotopic (exact) mass is 437 g/mol. The Morgan fingerprint density at radius 3 is 2.66 bits per heavy atom. The third-order valence-electron chi connectivity index (χ3n) is 5.49. The summed E-state index contributed by atoms with van der Waals surface area (Å²) in [5.41, 5.74) is 1.60. The van der Waals surface area contributed by atoms with E-state index < -0.39 is 11.8 Å². The topological polar surface area (TPSA) is 49.8 Å². The number of nitrogens with zero attached hydrogens (tertiary/aromatic N) is 1. The van der Waals surface area contributed by atoms with E-state index in [0.717, 1.165) is 49.9 Å². The summed E-state index contributed by atoms with van der Waals surface area (Å²) in [4.78, 5) is 13.6. The Labute approximate surface area is 179 Å². The second-order valence-corrected chi connectivity index (χ2v) is 8.63. The van der Waals surface area contributed by atoms with Crippen LogP contribution in [0.25, 0.3) is 0 Å². The lowest BCUT2D eigenvalue weighted by Gasteiger charge is -2.33. The van der Waals surface area contributed by atoms with E-state index in [2.05, 4.69) is 4.90 Å². The molecule has 4 nitrogen and oxygen atoms in total. The van der Waals surface area contributed by atoms with Gasteiger partial charge in [-0.3, -0.25) is 4.90 Å². The van der Waals surface area contributed by atoms with E-state index in [1.54, 1.807) is 6.07 Å². The summed E-state index contributed by atoms with van der Waals surface area (Å²) in [6.07, 6.45) is 3.74. The average Bonchev–Trinajstić information content (AvgIpc) is 3.50. The second kappa shape index (κ2) is 8.50. The van der Waals surface area contributed by atoms with Gasteiger partial charge in [-0.05, 0) is 67.5 Å². The number of hydrogen-bond donors (Lipinski definition) is 1. The number of likely N-dealkylation sites (tertiary alicyclic amines) is 1. The molecule has 4 rings (SSSR count). The lowest BCUT2D eigenvalue weighted by Crippen LogP contribution is -2.40. The van der Waals surface area contributed by atoms with Gasteiger partial charge in [0.05, 0.1) is 15.6 Å². The number of ether oxygens (including phenoxy) is 1. The van der Waals surface area contributed by atoms with Crippen molar-refractivity contribution in [2.24, 2.45) is 0 Å². The SMILES string of the molecule is O=C(O)c1cc(C2CC2)c(OC2CCCN(Cc3ccc(Cl)c(Cl)c3)C2)cc1F. The zero-order valence-electron chi connectivity index (χ0n) is 15.8. The molecule has 2 aromatic carbocycles. The van der Waals surface area contributed by atoms with Crippen LogP contribution in [-0.4, -0.2) is 35.2 Å². The Balaban J connectivity index is 1.47. The first kappa shape index (κ1) is 20.5. The summed E-state index contributed by atoms with van der Waals surface area (Å²) >= 11 is 12.1. The Hall–Kier alpha value is -1.82. The first-order valence-electron chi connectivity index (χ1n) is 9.80. The third-order valence-corrected chi connectivity index (χ3v) is 6.23. The third kappa shape index (κ3) is 4.85. The molecule has 7 heteroatoms. The van der Waals surface area contributed by atoms with Gasteiger partial charge in [0.2, 0.25) is 0 Å². The molecule has 0 radical (unpaired) electrons. The van der Waals surface area contributed by atoms with Crippen LogP contribution < -0.4 is 4.74 Å². The molecule has 0 bridgehead atoms. The van der Waals surface area contributed by atoms with E-state index in [9.17, 15) is 14.3 Å². The number of carboxylic acid groups (broad SMARTS) is 1. The van der Waals surface area contributed by atoms with Crippen molar-refractivity contribution in [3.63, 3.8) is 0 Å². The maximum Gasteiger partial charge on any atom is 0.338 e. The Kier molecular flexibility index (Phi) is 6.00. The summed E-state index contributed by atoms with van der Waals surface area (Å²) in [7, 11) is 0. The average molecular weight is 438 g/mol. The van der Waals surface area contributed by atoms with E-state index in [1.807, 2.05) is 12.1 Å². The highest BCUT2D eigenvalue weighted by molar-refractivity contribution is 6.42. The predicted molar refractivity (Wildman–Crippen MR) is 111 cm³/mol. The van der Waals surface area contributed by atoms with Crippen molar-refractivity contribution in [1.82, 2.24) is 4.90 Å². The maximum atomic E-state index is 14.3. The van der Waals surface area contributed by atoms with Crippen LogP contribution >= 0.6 is 23.2 Å².